The van der Waals surface area contributed by atoms with Gasteiger partial charge in [-0.05, 0) is 25.7 Å². The fraction of sp³-hybridized carbons (Fsp3) is 0.818. The van der Waals surface area contributed by atoms with Crippen LogP contribution in [-0.4, -0.2) is 32.5 Å². The molecule has 2 fully saturated rings. The number of halogens is 1. The molecule has 2 bridgehead atoms. The Labute approximate surface area is 94.2 Å². The highest BCUT2D eigenvalue weighted by molar-refractivity contribution is 5.04. The highest BCUT2D eigenvalue weighted by Crippen LogP contribution is 2.38. The molecule has 5 heteroatoms. The van der Waals surface area contributed by atoms with Gasteiger partial charge in [-0.15, -0.1) is 0 Å². The summed E-state index contributed by atoms with van der Waals surface area (Å²) in [6.07, 6.45) is 5.38. The SMILES string of the molecule is Cn1ncnc1CC1(F)CC2CCC(C1)N2. The van der Waals surface area contributed by atoms with Gasteiger partial charge in [0, 0.05) is 25.6 Å². The lowest BCUT2D eigenvalue weighted by molar-refractivity contribution is 0.0861. The zero-order chi connectivity index (χ0) is 11.2. The summed E-state index contributed by atoms with van der Waals surface area (Å²) in [7, 11) is 1.82. The lowest BCUT2D eigenvalue weighted by atomic mass is 9.86. The van der Waals surface area contributed by atoms with Gasteiger partial charge in [-0.3, -0.25) is 4.68 Å². The Kier molecular flexibility index (Phi) is 2.24. The smallest absolute Gasteiger partial charge is 0.138 e. The lowest BCUT2D eigenvalue weighted by Gasteiger charge is -2.34. The predicted octanol–water partition coefficient (Wildman–Crippen LogP) is 0.980. The summed E-state index contributed by atoms with van der Waals surface area (Å²) in [5.74, 6) is 0.754. The van der Waals surface area contributed by atoms with E-state index < -0.39 is 5.67 Å². The van der Waals surface area contributed by atoms with E-state index in [2.05, 4.69) is 15.4 Å². The van der Waals surface area contributed by atoms with Crippen molar-refractivity contribution < 1.29 is 4.39 Å². The molecule has 3 rings (SSSR count). The first-order valence-corrected chi connectivity index (χ1v) is 5.92. The Hall–Kier alpha value is -0.970. The number of hydrogen-bond acceptors (Lipinski definition) is 3. The molecule has 2 unspecified atom stereocenters. The highest BCUT2D eigenvalue weighted by atomic mass is 19.1. The number of fused-ring (bicyclic) bond motifs is 2. The summed E-state index contributed by atoms with van der Waals surface area (Å²) in [6.45, 7) is 0. The van der Waals surface area contributed by atoms with Crippen LogP contribution in [0.1, 0.15) is 31.5 Å². The zero-order valence-electron chi connectivity index (χ0n) is 9.49. The van der Waals surface area contributed by atoms with Gasteiger partial charge in [0.05, 0.1) is 0 Å². The molecule has 0 saturated carbocycles. The van der Waals surface area contributed by atoms with Gasteiger partial charge in [0.2, 0.25) is 0 Å². The Morgan fingerprint density at radius 1 is 1.50 bits per heavy atom. The average Bonchev–Trinajstić information content (AvgIpc) is 2.74. The third-order valence-electron chi connectivity index (χ3n) is 3.84. The summed E-state index contributed by atoms with van der Waals surface area (Å²) < 4.78 is 16.4. The molecule has 2 saturated heterocycles. The Morgan fingerprint density at radius 2 is 2.19 bits per heavy atom. The van der Waals surface area contributed by atoms with E-state index in [9.17, 15) is 4.39 Å². The van der Waals surface area contributed by atoms with Crippen LogP contribution in [0, 0.1) is 0 Å². The molecule has 2 aliphatic heterocycles. The van der Waals surface area contributed by atoms with Crippen LogP contribution in [0.25, 0.3) is 0 Å². The predicted molar refractivity (Wildman–Crippen MR) is 57.7 cm³/mol. The van der Waals surface area contributed by atoms with Gasteiger partial charge in [0.25, 0.3) is 0 Å². The number of aryl methyl sites for hydroxylation is 1. The zero-order valence-corrected chi connectivity index (χ0v) is 9.49. The molecule has 0 spiro atoms. The number of alkyl halides is 1. The normalized spacial score (nSPS) is 37.9. The average molecular weight is 224 g/mol. The molecule has 16 heavy (non-hydrogen) atoms. The molecule has 3 heterocycles. The Morgan fingerprint density at radius 3 is 2.75 bits per heavy atom. The van der Waals surface area contributed by atoms with Crippen LogP contribution in [0.2, 0.25) is 0 Å². The molecular formula is C11H17FN4. The highest BCUT2D eigenvalue weighted by Gasteiger charge is 2.44. The monoisotopic (exact) mass is 224 g/mol. The van der Waals surface area contributed by atoms with Crippen molar-refractivity contribution in [3.63, 3.8) is 0 Å². The van der Waals surface area contributed by atoms with Crippen molar-refractivity contribution in [1.29, 1.82) is 0 Å². The molecule has 4 nitrogen and oxygen atoms in total. The standard InChI is InChI=1S/C11H17FN4/c1-16-10(13-7-14-16)6-11(12)4-8-2-3-9(5-11)15-8/h7-9,15H,2-6H2,1H3. The van der Waals surface area contributed by atoms with Crippen LogP contribution in [0.3, 0.4) is 0 Å². The minimum Gasteiger partial charge on any atom is -0.311 e. The Bertz CT molecular complexity index is 377. The van der Waals surface area contributed by atoms with Gasteiger partial charge in [-0.1, -0.05) is 0 Å². The van der Waals surface area contributed by atoms with E-state index in [0.717, 1.165) is 18.7 Å². The third-order valence-corrected chi connectivity index (χ3v) is 3.84. The molecule has 0 radical (unpaired) electrons. The summed E-state index contributed by atoms with van der Waals surface area (Å²) in [6, 6.07) is 0.744. The molecular weight excluding hydrogens is 207 g/mol. The molecule has 1 N–H and O–H groups in total. The first kappa shape index (κ1) is 10.2. The maximum absolute atomic E-state index is 14.7. The van der Waals surface area contributed by atoms with E-state index in [-0.39, 0.29) is 0 Å². The topological polar surface area (TPSA) is 42.7 Å². The maximum atomic E-state index is 14.7. The van der Waals surface area contributed by atoms with Crippen molar-refractivity contribution in [2.45, 2.75) is 49.9 Å². The third kappa shape index (κ3) is 1.73. The summed E-state index contributed by atoms with van der Waals surface area (Å²) in [5, 5.41) is 7.45. The number of aromatic nitrogens is 3. The molecule has 0 aromatic carbocycles. The first-order chi connectivity index (χ1) is 7.65. The van der Waals surface area contributed by atoms with E-state index in [1.165, 1.54) is 6.33 Å². The van der Waals surface area contributed by atoms with E-state index in [1.54, 1.807) is 4.68 Å². The Balaban J connectivity index is 1.76. The van der Waals surface area contributed by atoms with Crippen molar-refractivity contribution in [1.82, 2.24) is 20.1 Å². The van der Waals surface area contributed by atoms with Crippen molar-refractivity contribution in [3.8, 4) is 0 Å². The summed E-state index contributed by atoms with van der Waals surface area (Å²) in [5.41, 5.74) is -1.09. The molecule has 1 aromatic heterocycles. The van der Waals surface area contributed by atoms with Crippen LogP contribution in [0.5, 0.6) is 0 Å². The second-order valence-electron chi connectivity index (χ2n) is 5.17. The summed E-state index contributed by atoms with van der Waals surface area (Å²) >= 11 is 0. The van der Waals surface area contributed by atoms with Crippen molar-refractivity contribution in [2.24, 2.45) is 7.05 Å². The van der Waals surface area contributed by atoms with Gasteiger partial charge in [0.15, 0.2) is 0 Å². The largest absolute Gasteiger partial charge is 0.311 e. The van der Waals surface area contributed by atoms with E-state index >= 15 is 0 Å². The molecule has 88 valence electrons. The van der Waals surface area contributed by atoms with Crippen LogP contribution in [0.4, 0.5) is 4.39 Å². The first-order valence-electron chi connectivity index (χ1n) is 5.92. The van der Waals surface area contributed by atoms with Crippen LogP contribution >= 0.6 is 0 Å². The minimum absolute atomic E-state index is 0.372. The van der Waals surface area contributed by atoms with Gasteiger partial charge < -0.3 is 5.32 Å². The van der Waals surface area contributed by atoms with Crippen LogP contribution in [-0.2, 0) is 13.5 Å². The van der Waals surface area contributed by atoms with Gasteiger partial charge in [-0.25, -0.2) is 9.37 Å². The van der Waals surface area contributed by atoms with Gasteiger partial charge >= 0.3 is 0 Å². The van der Waals surface area contributed by atoms with E-state index in [4.69, 9.17) is 0 Å². The molecule has 0 amide bonds. The van der Waals surface area contributed by atoms with Gasteiger partial charge in [0.1, 0.15) is 17.8 Å². The van der Waals surface area contributed by atoms with Crippen molar-refractivity contribution in [3.05, 3.63) is 12.2 Å². The van der Waals surface area contributed by atoms with Crippen molar-refractivity contribution in [2.75, 3.05) is 0 Å². The quantitative estimate of drug-likeness (QED) is 0.814. The van der Waals surface area contributed by atoms with Crippen molar-refractivity contribution >= 4 is 0 Å². The minimum atomic E-state index is -1.09. The molecule has 2 aliphatic rings. The van der Waals surface area contributed by atoms with E-state index in [1.807, 2.05) is 7.05 Å². The second-order valence-corrected chi connectivity index (χ2v) is 5.17. The van der Waals surface area contributed by atoms with E-state index in [0.29, 0.717) is 31.3 Å². The second kappa shape index (κ2) is 3.52. The number of rotatable bonds is 2. The maximum Gasteiger partial charge on any atom is 0.138 e. The fourth-order valence-corrected chi connectivity index (χ4v) is 3.10. The fourth-order valence-electron chi connectivity index (χ4n) is 3.10. The molecule has 2 atom stereocenters. The number of hydrogen-bond donors (Lipinski definition) is 1. The number of piperidine rings is 1. The lowest BCUT2D eigenvalue weighted by Crippen LogP contribution is -2.47. The van der Waals surface area contributed by atoms with Crippen LogP contribution in [0.15, 0.2) is 6.33 Å². The van der Waals surface area contributed by atoms with Gasteiger partial charge in [-0.2, -0.15) is 5.10 Å². The molecule has 0 aliphatic carbocycles. The number of nitrogens with zero attached hydrogens (tertiary/aromatic N) is 3. The summed E-state index contributed by atoms with van der Waals surface area (Å²) in [4.78, 5) is 4.12. The van der Waals surface area contributed by atoms with Crippen LogP contribution < -0.4 is 5.32 Å². The molecule has 1 aromatic rings. The number of nitrogens with one attached hydrogen (secondary N) is 1.